The van der Waals surface area contributed by atoms with E-state index in [2.05, 4.69) is 10.2 Å². The normalized spacial score (nSPS) is 19.8. The van der Waals surface area contributed by atoms with Crippen LogP contribution in [0.25, 0.3) is 11.3 Å². The van der Waals surface area contributed by atoms with Crippen LogP contribution in [0.3, 0.4) is 0 Å². The Kier molecular flexibility index (Phi) is 8.89. The number of benzene rings is 1. The first kappa shape index (κ1) is 26.5. The Bertz CT molecular complexity index is 1110. The number of nitrogens with zero attached hydrogens (tertiary/aromatic N) is 4. The van der Waals surface area contributed by atoms with Gasteiger partial charge < -0.3 is 19.5 Å². The first-order valence-electron chi connectivity index (χ1n) is 12.6. The lowest BCUT2D eigenvalue weighted by atomic mass is 10.0. The van der Waals surface area contributed by atoms with Crippen molar-refractivity contribution in [2.75, 3.05) is 52.5 Å². The summed E-state index contributed by atoms with van der Waals surface area (Å²) < 4.78 is 29.6. The molecule has 0 saturated carbocycles. The van der Waals surface area contributed by atoms with Crippen LogP contribution in [0.1, 0.15) is 48.8 Å². The molecule has 2 N–H and O–H groups in total. The number of hydrogen-bond donors (Lipinski definition) is 2. The zero-order valence-corrected chi connectivity index (χ0v) is 21.8. The van der Waals surface area contributed by atoms with Gasteiger partial charge in [-0.05, 0) is 31.9 Å². The fourth-order valence-electron chi connectivity index (χ4n) is 5.08. The second kappa shape index (κ2) is 12.1. The lowest BCUT2D eigenvalue weighted by molar-refractivity contribution is -0.119. The summed E-state index contributed by atoms with van der Waals surface area (Å²) >= 11 is -2.19. The molecule has 1 unspecified atom stereocenters. The maximum atomic E-state index is 13.6. The quantitative estimate of drug-likeness (QED) is 0.514. The van der Waals surface area contributed by atoms with Crippen LogP contribution in [0, 0.1) is 0 Å². The minimum absolute atomic E-state index is 0.0113. The number of carbonyl (C=O) groups excluding carboxylic acids is 2. The van der Waals surface area contributed by atoms with Crippen LogP contribution in [0.15, 0.2) is 29.2 Å². The Morgan fingerprint density at radius 1 is 1.22 bits per heavy atom. The number of ether oxygens (including phenoxy) is 1. The van der Waals surface area contributed by atoms with Crippen molar-refractivity contribution in [1.82, 2.24) is 24.9 Å². The third-order valence-corrected chi connectivity index (χ3v) is 7.55. The summed E-state index contributed by atoms with van der Waals surface area (Å²) in [6.45, 7) is 8.46. The van der Waals surface area contributed by atoms with E-state index in [0.717, 1.165) is 37.2 Å². The molecule has 1 aromatic heterocycles. The highest BCUT2D eigenvalue weighted by Crippen LogP contribution is 2.36. The Labute approximate surface area is 214 Å². The first-order chi connectivity index (χ1) is 17.4. The molecule has 4 rings (SSSR count). The van der Waals surface area contributed by atoms with Gasteiger partial charge in [-0.1, -0.05) is 25.1 Å². The molecule has 2 aromatic rings. The molecular weight excluding hydrogens is 482 g/mol. The van der Waals surface area contributed by atoms with E-state index in [4.69, 9.17) is 9.84 Å². The number of hydrogen-bond acceptors (Lipinski definition) is 6. The number of amides is 2. The SMILES string of the molecule is CCc1c(C(=O)N2CCOCC2)nn([C@H]2CCCN(CCNC(C)=O)C2)c1-c1ccccc1S(=O)O. The largest absolute Gasteiger partial charge is 0.378 e. The maximum absolute atomic E-state index is 13.6. The van der Waals surface area contributed by atoms with Crippen LogP contribution in [0.4, 0.5) is 0 Å². The van der Waals surface area contributed by atoms with Gasteiger partial charge in [0.25, 0.3) is 5.91 Å². The van der Waals surface area contributed by atoms with E-state index >= 15 is 0 Å². The van der Waals surface area contributed by atoms with Gasteiger partial charge in [0, 0.05) is 50.8 Å². The van der Waals surface area contributed by atoms with Crippen LogP contribution >= 0.6 is 0 Å². The van der Waals surface area contributed by atoms with E-state index in [9.17, 15) is 18.4 Å². The van der Waals surface area contributed by atoms with Crippen LogP contribution in [-0.2, 0) is 27.0 Å². The first-order valence-corrected chi connectivity index (χ1v) is 13.7. The molecule has 196 valence electrons. The summed E-state index contributed by atoms with van der Waals surface area (Å²) in [6.07, 6.45) is 2.39. The van der Waals surface area contributed by atoms with E-state index in [1.54, 1.807) is 17.0 Å². The second-order valence-corrected chi connectivity index (χ2v) is 10.1. The molecule has 1 aromatic carbocycles. The Hall–Kier alpha value is -2.60. The van der Waals surface area contributed by atoms with Crippen molar-refractivity contribution in [2.45, 2.75) is 44.0 Å². The standard InChI is InChI=1S/C25H35N5O5S/c1-3-20-23(25(32)29-13-15-35-16-14-29)27-30(24(20)21-8-4-5-9-22(21)36(33)34)19-7-6-11-28(17-19)12-10-26-18(2)31/h4-5,8-9,19H,3,6-7,10-17H2,1-2H3,(H,26,31)(H,33,34)/t19-/m0/s1. The molecule has 2 aliphatic heterocycles. The van der Waals surface area contributed by atoms with Gasteiger partial charge in [-0.25, -0.2) is 4.21 Å². The summed E-state index contributed by atoms with van der Waals surface area (Å²) in [5.74, 6) is -0.179. The van der Waals surface area contributed by atoms with Gasteiger partial charge in [0.05, 0.1) is 29.8 Å². The third kappa shape index (κ3) is 5.86. The van der Waals surface area contributed by atoms with Crippen molar-refractivity contribution < 1.29 is 23.1 Å². The summed E-state index contributed by atoms with van der Waals surface area (Å²) in [5.41, 5.74) is 2.56. The zero-order chi connectivity index (χ0) is 25.7. The van der Waals surface area contributed by atoms with Gasteiger partial charge in [0.1, 0.15) is 0 Å². The molecule has 36 heavy (non-hydrogen) atoms. The van der Waals surface area contributed by atoms with Crippen LogP contribution < -0.4 is 5.32 Å². The molecule has 0 radical (unpaired) electrons. The summed E-state index contributed by atoms with van der Waals surface area (Å²) in [5, 5.41) is 7.76. The van der Waals surface area contributed by atoms with Crippen LogP contribution in [0.2, 0.25) is 0 Å². The highest BCUT2D eigenvalue weighted by Gasteiger charge is 2.32. The highest BCUT2D eigenvalue weighted by atomic mass is 32.2. The molecule has 2 saturated heterocycles. The summed E-state index contributed by atoms with van der Waals surface area (Å²) in [6, 6.07) is 7.04. The van der Waals surface area contributed by atoms with E-state index in [0.29, 0.717) is 62.0 Å². The molecule has 0 aliphatic carbocycles. The van der Waals surface area contributed by atoms with E-state index < -0.39 is 11.1 Å². The minimum Gasteiger partial charge on any atom is -0.378 e. The highest BCUT2D eigenvalue weighted by molar-refractivity contribution is 7.79. The second-order valence-electron chi connectivity index (χ2n) is 9.20. The molecule has 10 nitrogen and oxygen atoms in total. The molecule has 2 amide bonds. The number of nitrogens with one attached hydrogen (secondary N) is 1. The summed E-state index contributed by atoms with van der Waals surface area (Å²) in [4.78, 5) is 29.2. The average Bonchev–Trinajstić information content (AvgIpc) is 3.28. The molecular formula is C25H35N5O5S. The Balaban J connectivity index is 1.76. The number of morpholine rings is 1. The number of aromatic nitrogens is 2. The Morgan fingerprint density at radius 3 is 2.67 bits per heavy atom. The number of likely N-dealkylation sites (tertiary alicyclic amines) is 1. The van der Waals surface area contributed by atoms with E-state index in [1.807, 2.05) is 23.7 Å². The maximum Gasteiger partial charge on any atom is 0.274 e. The van der Waals surface area contributed by atoms with Crippen molar-refractivity contribution in [3.63, 3.8) is 0 Å². The van der Waals surface area contributed by atoms with Gasteiger partial charge in [0.15, 0.2) is 16.8 Å². The van der Waals surface area contributed by atoms with Gasteiger partial charge >= 0.3 is 0 Å². The van der Waals surface area contributed by atoms with Crippen molar-refractivity contribution in [1.29, 1.82) is 0 Å². The number of carbonyl (C=O) groups is 2. The number of piperidine rings is 1. The van der Waals surface area contributed by atoms with Gasteiger partial charge in [-0.2, -0.15) is 5.10 Å². The van der Waals surface area contributed by atoms with Gasteiger partial charge in [-0.15, -0.1) is 0 Å². The summed E-state index contributed by atoms with van der Waals surface area (Å²) in [7, 11) is 0. The molecule has 0 bridgehead atoms. The monoisotopic (exact) mass is 517 g/mol. The zero-order valence-electron chi connectivity index (χ0n) is 20.9. The molecule has 2 atom stereocenters. The van der Waals surface area contributed by atoms with Crippen molar-refractivity contribution in [3.05, 3.63) is 35.5 Å². The molecule has 11 heteroatoms. The Morgan fingerprint density at radius 2 is 1.97 bits per heavy atom. The van der Waals surface area contributed by atoms with Gasteiger partial charge in [-0.3, -0.25) is 19.2 Å². The average molecular weight is 518 g/mol. The van der Waals surface area contributed by atoms with Crippen molar-refractivity contribution in [3.8, 4) is 11.3 Å². The van der Waals surface area contributed by atoms with Crippen LogP contribution in [0.5, 0.6) is 0 Å². The molecule has 2 aliphatic rings. The van der Waals surface area contributed by atoms with Gasteiger partial charge in [0.2, 0.25) is 5.91 Å². The molecule has 2 fully saturated rings. The minimum atomic E-state index is -2.19. The predicted octanol–water partition coefficient (Wildman–Crippen LogP) is 1.94. The topological polar surface area (TPSA) is 117 Å². The third-order valence-electron chi connectivity index (χ3n) is 6.82. The van der Waals surface area contributed by atoms with Crippen molar-refractivity contribution >= 4 is 22.9 Å². The fraction of sp³-hybridized carbons (Fsp3) is 0.560. The fourth-order valence-corrected chi connectivity index (χ4v) is 5.63. The van der Waals surface area contributed by atoms with E-state index in [1.165, 1.54) is 6.92 Å². The predicted molar refractivity (Wildman–Crippen MR) is 136 cm³/mol. The lowest BCUT2D eigenvalue weighted by Gasteiger charge is -2.33. The van der Waals surface area contributed by atoms with E-state index in [-0.39, 0.29) is 17.9 Å². The lowest BCUT2D eigenvalue weighted by Crippen LogP contribution is -2.42. The molecule has 3 heterocycles. The van der Waals surface area contributed by atoms with Crippen molar-refractivity contribution in [2.24, 2.45) is 0 Å². The number of rotatable bonds is 8. The smallest absolute Gasteiger partial charge is 0.274 e. The van der Waals surface area contributed by atoms with Crippen LogP contribution in [-0.4, -0.2) is 92.6 Å². The molecule has 0 spiro atoms.